The van der Waals surface area contributed by atoms with Crippen LogP contribution in [0.3, 0.4) is 0 Å². The Bertz CT molecular complexity index is 374. The van der Waals surface area contributed by atoms with Gasteiger partial charge in [-0.15, -0.1) is 0 Å². The summed E-state index contributed by atoms with van der Waals surface area (Å²) in [5, 5.41) is 8.05. The smallest absolute Gasteiger partial charge is 0.0596 e. The molecule has 0 aliphatic carbocycles. The highest BCUT2D eigenvalue weighted by molar-refractivity contribution is 5.09. The van der Waals surface area contributed by atoms with Crippen molar-refractivity contribution in [3.63, 3.8) is 0 Å². The summed E-state index contributed by atoms with van der Waals surface area (Å²) in [4.78, 5) is 0. The molecule has 1 rings (SSSR count). The lowest BCUT2D eigenvalue weighted by molar-refractivity contribution is 0.197. The Morgan fingerprint density at radius 2 is 2.15 bits per heavy atom. The van der Waals surface area contributed by atoms with Gasteiger partial charge in [0.2, 0.25) is 0 Å². The van der Waals surface area contributed by atoms with Gasteiger partial charge in [0.15, 0.2) is 0 Å². The number of ether oxygens (including phenoxy) is 1. The highest BCUT2D eigenvalue weighted by atomic mass is 16.5. The second kappa shape index (κ2) is 9.14. The lowest BCUT2D eigenvalue weighted by atomic mass is 9.92. The highest BCUT2D eigenvalue weighted by Crippen LogP contribution is 2.17. The largest absolute Gasteiger partial charge is 0.383 e. The first-order chi connectivity index (χ1) is 9.56. The summed E-state index contributed by atoms with van der Waals surface area (Å²) in [7, 11) is 1.75. The Morgan fingerprint density at radius 3 is 2.75 bits per heavy atom. The van der Waals surface area contributed by atoms with Crippen LogP contribution in [0, 0.1) is 18.8 Å². The van der Waals surface area contributed by atoms with Crippen molar-refractivity contribution in [1.82, 2.24) is 15.1 Å². The minimum Gasteiger partial charge on any atom is -0.383 e. The molecule has 0 bridgehead atoms. The van der Waals surface area contributed by atoms with Crippen LogP contribution in [0.15, 0.2) is 6.07 Å². The fraction of sp³-hybridized carbons (Fsp3) is 0.812. The predicted octanol–water partition coefficient (Wildman–Crippen LogP) is 2.65. The second-order valence-corrected chi connectivity index (χ2v) is 5.99. The molecule has 0 fully saturated rings. The van der Waals surface area contributed by atoms with Gasteiger partial charge in [-0.25, -0.2) is 0 Å². The predicted molar refractivity (Wildman–Crippen MR) is 84.0 cm³/mol. The fourth-order valence-corrected chi connectivity index (χ4v) is 2.72. The van der Waals surface area contributed by atoms with Crippen molar-refractivity contribution in [1.29, 1.82) is 0 Å². The van der Waals surface area contributed by atoms with Crippen LogP contribution in [0.4, 0.5) is 0 Å². The van der Waals surface area contributed by atoms with E-state index in [4.69, 9.17) is 4.74 Å². The maximum Gasteiger partial charge on any atom is 0.0596 e. The molecule has 1 unspecified atom stereocenters. The van der Waals surface area contributed by atoms with Crippen molar-refractivity contribution < 1.29 is 4.74 Å². The Kier molecular flexibility index (Phi) is 7.85. The van der Waals surface area contributed by atoms with Gasteiger partial charge >= 0.3 is 0 Å². The third kappa shape index (κ3) is 6.06. The van der Waals surface area contributed by atoms with Crippen LogP contribution in [-0.2, 0) is 17.7 Å². The van der Waals surface area contributed by atoms with E-state index in [9.17, 15) is 0 Å². The number of aromatic nitrogens is 2. The number of aryl methyl sites for hydroxylation is 2. The molecule has 0 aliphatic heterocycles. The summed E-state index contributed by atoms with van der Waals surface area (Å²) >= 11 is 0. The summed E-state index contributed by atoms with van der Waals surface area (Å²) in [5.41, 5.74) is 2.49. The van der Waals surface area contributed by atoms with Crippen molar-refractivity contribution in [2.45, 2.75) is 47.1 Å². The van der Waals surface area contributed by atoms with Gasteiger partial charge in [-0.3, -0.25) is 4.68 Å². The molecule has 0 spiro atoms. The van der Waals surface area contributed by atoms with E-state index < -0.39 is 0 Å². The average molecular weight is 281 g/mol. The lowest BCUT2D eigenvalue weighted by Crippen LogP contribution is -2.28. The molecule has 116 valence electrons. The number of hydrogen-bond donors (Lipinski definition) is 1. The number of nitrogens with one attached hydrogen (secondary N) is 1. The maximum atomic E-state index is 5.09. The molecular formula is C16H31N3O. The first-order valence-electron chi connectivity index (χ1n) is 7.79. The van der Waals surface area contributed by atoms with Gasteiger partial charge in [0.05, 0.1) is 12.3 Å². The van der Waals surface area contributed by atoms with Crippen molar-refractivity contribution >= 4 is 0 Å². The van der Waals surface area contributed by atoms with Gasteiger partial charge in [0.25, 0.3) is 0 Å². The molecule has 1 heterocycles. The minimum atomic E-state index is 0.660. The maximum absolute atomic E-state index is 5.09. The van der Waals surface area contributed by atoms with Crippen LogP contribution < -0.4 is 5.32 Å². The molecule has 1 atom stereocenters. The average Bonchev–Trinajstić information content (AvgIpc) is 2.74. The van der Waals surface area contributed by atoms with Crippen LogP contribution in [0.5, 0.6) is 0 Å². The van der Waals surface area contributed by atoms with Gasteiger partial charge in [-0.2, -0.15) is 5.10 Å². The molecular weight excluding hydrogens is 250 g/mol. The van der Waals surface area contributed by atoms with Gasteiger partial charge in [-0.1, -0.05) is 13.8 Å². The van der Waals surface area contributed by atoms with Gasteiger partial charge in [0, 0.05) is 25.9 Å². The summed E-state index contributed by atoms with van der Waals surface area (Å²) in [5.74, 6) is 1.39. The molecule has 0 radical (unpaired) electrons. The van der Waals surface area contributed by atoms with E-state index in [1.165, 1.54) is 12.1 Å². The van der Waals surface area contributed by atoms with E-state index in [0.717, 1.165) is 44.3 Å². The van der Waals surface area contributed by atoms with E-state index in [-0.39, 0.29) is 0 Å². The molecule has 0 amide bonds. The van der Waals surface area contributed by atoms with Crippen LogP contribution >= 0.6 is 0 Å². The molecule has 1 aromatic rings. The number of methoxy groups -OCH3 is 1. The quantitative estimate of drug-likeness (QED) is 0.670. The summed E-state index contributed by atoms with van der Waals surface area (Å²) in [6.45, 7) is 12.5. The minimum absolute atomic E-state index is 0.660. The molecule has 0 aromatic carbocycles. The van der Waals surface area contributed by atoms with E-state index in [0.29, 0.717) is 5.92 Å². The van der Waals surface area contributed by atoms with E-state index in [1.54, 1.807) is 7.11 Å². The third-order valence-corrected chi connectivity index (χ3v) is 3.50. The van der Waals surface area contributed by atoms with E-state index in [2.05, 4.69) is 48.9 Å². The molecule has 4 heteroatoms. The molecule has 0 aliphatic rings. The Labute approximate surface area is 123 Å². The van der Waals surface area contributed by atoms with Crippen molar-refractivity contribution in [3.8, 4) is 0 Å². The standard InChI is InChI=1S/C16H31N3O/c1-6-19-16(10-14(4)18-19)11-15(9-13(2)3)12-17-7-8-20-5/h10,13,15,17H,6-9,11-12H2,1-5H3. The monoisotopic (exact) mass is 281 g/mol. The van der Waals surface area contributed by atoms with Crippen molar-refractivity contribution in [2.24, 2.45) is 11.8 Å². The van der Waals surface area contributed by atoms with Crippen LogP contribution in [-0.4, -0.2) is 36.6 Å². The number of rotatable bonds is 10. The zero-order valence-electron chi connectivity index (χ0n) is 13.8. The van der Waals surface area contributed by atoms with Gasteiger partial charge in [-0.05, 0) is 51.1 Å². The molecule has 1 N–H and O–H groups in total. The molecule has 1 aromatic heterocycles. The molecule has 20 heavy (non-hydrogen) atoms. The van der Waals surface area contributed by atoms with Crippen molar-refractivity contribution in [2.75, 3.05) is 26.8 Å². The second-order valence-electron chi connectivity index (χ2n) is 5.99. The first-order valence-corrected chi connectivity index (χ1v) is 7.79. The first kappa shape index (κ1) is 17.2. The topological polar surface area (TPSA) is 39.1 Å². The van der Waals surface area contributed by atoms with Gasteiger partial charge in [0.1, 0.15) is 0 Å². The summed E-state index contributed by atoms with van der Waals surface area (Å²) < 4.78 is 7.22. The Balaban J connectivity index is 2.58. The van der Waals surface area contributed by atoms with Gasteiger partial charge < -0.3 is 10.1 Å². The number of hydrogen-bond acceptors (Lipinski definition) is 3. The number of nitrogens with zero attached hydrogens (tertiary/aromatic N) is 2. The molecule has 4 nitrogen and oxygen atoms in total. The SMILES string of the molecule is CCn1nc(C)cc1CC(CNCCOC)CC(C)C. The third-order valence-electron chi connectivity index (χ3n) is 3.50. The van der Waals surface area contributed by atoms with Crippen molar-refractivity contribution in [3.05, 3.63) is 17.5 Å². The zero-order chi connectivity index (χ0) is 15.0. The summed E-state index contributed by atoms with van der Waals surface area (Å²) in [6.07, 6.45) is 2.35. The van der Waals surface area contributed by atoms with E-state index >= 15 is 0 Å². The Morgan fingerprint density at radius 1 is 1.40 bits per heavy atom. The highest BCUT2D eigenvalue weighted by Gasteiger charge is 2.15. The summed E-state index contributed by atoms with van der Waals surface area (Å²) in [6, 6.07) is 2.23. The Hall–Kier alpha value is -0.870. The fourth-order valence-electron chi connectivity index (χ4n) is 2.72. The normalized spacial score (nSPS) is 13.1. The molecule has 0 saturated carbocycles. The van der Waals surface area contributed by atoms with Crippen LogP contribution in [0.2, 0.25) is 0 Å². The van der Waals surface area contributed by atoms with Crippen LogP contribution in [0.25, 0.3) is 0 Å². The zero-order valence-corrected chi connectivity index (χ0v) is 13.8. The van der Waals surface area contributed by atoms with Crippen LogP contribution in [0.1, 0.15) is 38.6 Å². The molecule has 0 saturated heterocycles. The lowest BCUT2D eigenvalue weighted by Gasteiger charge is -2.20. The van der Waals surface area contributed by atoms with E-state index in [1.807, 2.05) is 0 Å².